The van der Waals surface area contributed by atoms with Crippen molar-refractivity contribution in [2.24, 2.45) is 5.73 Å². The molecule has 1 aromatic carbocycles. The Balaban J connectivity index is 1.68. The van der Waals surface area contributed by atoms with E-state index in [1.54, 1.807) is 0 Å². The molecule has 0 aromatic heterocycles. The Morgan fingerprint density at radius 3 is 2.72 bits per heavy atom. The van der Waals surface area contributed by atoms with E-state index in [2.05, 4.69) is 5.32 Å². The quantitative estimate of drug-likeness (QED) is 0.794. The molecule has 0 unspecified atom stereocenters. The summed E-state index contributed by atoms with van der Waals surface area (Å²) in [5.74, 6) is 0.767. The molecule has 0 aliphatic carbocycles. The fourth-order valence-electron chi connectivity index (χ4n) is 3.65. The van der Waals surface area contributed by atoms with Gasteiger partial charge in [-0.3, -0.25) is 9.59 Å². The Morgan fingerprint density at radius 1 is 1.32 bits per heavy atom. The lowest BCUT2D eigenvalue weighted by molar-refractivity contribution is -0.120. The van der Waals surface area contributed by atoms with Gasteiger partial charge in [0, 0.05) is 25.0 Å². The fourth-order valence-corrected chi connectivity index (χ4v) is 3.65. The highest BCUT2D eigenvalue weighted by Gasteiger charge is 2.41. The largest absolute Gasteiger partial charge is 0.493 e. The Labute approximate surface area is 148 Å². The number of amides is 2. The second kappa shape index (κ2) is 7.44. The van der Waals surface area contributed by atoms with Crippen LogP contribution < -0.4 is 15.8 Å². The minimum Gasteiger partial charge on any atom is -0.493 e. The Kier molecular flexibility index (Phi) is 5.27. The number of hydrogen-bond donors (Lipinski definition) is 2. The molecule has 0 bridgehead atoms. The van der Waals surface area contributed by atoms with Crippen molar-refractivity contribution in [1.82, 2.24) is 10.2 Å². The van der Waals surface area contributed by atoms with Crippen LogP contribution in [0.5, 0.6) is 5.75 Å². The van der Waals surface area contributed by atoms with Crippen LogP contribution in [0.15, 0.2) is 18.2 Å². The monoisotopic (exact) mass is 345 g/mol. The molecule has 1 aromatic rings. The second-order valence-corrected chi connectivity index (χ2v) is 7.11. The summed E-state index contributed by atoms with van der Waals surface area (Å²) in [6.45, 7) is 4.38. The van der Waals surface area contributed by atoms with E-state index in [-0.39, 0.29) is 17.4 Å². The molecular weight excluding hydrogens is 318 g/mol. The zero-order valence-corrected chi connectivity index (χ0v) is 14.8. The molecule has 2 aliphatic heterocycles. The van der Waals surface area contributed by atoms with Gasteiger partial charge in [-0.2, -0.15) is 0 Å². The lowest BCUT2D eigenvalue weighted by Gasteiger charge is -2.39. The molecule has 3 rings (SSSR count). The minimum absolute atomic E-state index is 0.00178. The maximum atomic E-state index is 13.0. The van der Waals surface area contributed by atoms with E-state index >= 15 is 0 Å². The number of nitrogens with two attached hydrogens (primary N) is 1. The highest BCUT2D eigenvalue weighted by molar-refractivity contribution is 5.97. The predicted octanol–water partition coefficient (Wildman–Crippen LogP) is 1.61. The van der Waals surface area contributed by atoms with Crippen molar-refractivity contribution >= 4 is 11.8 Å². The maximum absolute atomic E-state index is 13.0. The van der Waals surface area contributed by atoms with Crippen molar-refractivity contribution in [2.45, 2.75) is 44.6 Å². The van der Waals surface area contributed by atoms with Gasteiger partial charge in [-0.15, -0.1) is 0 Å². The molecule has 0 atom stereocenters. The molecule has 6 heteroatoms. The van der Waals surface area contributed by atoms with E-state index in [9.17, 15) is 9.59 Å². The smallest absolute Gasteiger partial charge is 0.257 e. The van der Waals surface area contributed by atoms with Gasteiger partial charge in [0.2, 0.25) is 5.91 Å². The molecule has 0 saturated carbocycles. The normalized spacial score (nSPS) is 19.1. The van der Waals surface area contributed by atoms with Gasteiger partial charge in [0.15, 0.2) is 0 Å². The van der Waals surface area contributed by atoms with E-state index in [4.69, 9.17) is 10.5 Å². The first-order valence-electron chi connectivity index (χ1n) is 9.07. The van der Waals surface area contributed by atoms with E-state index < -0.39 is 0 Å². The highest BCUT2D eigenvalue weighted by atomic mass is 16.5. The van der Waals surface area contributed by atoms with E-state index in [1.165, 1.54) is 0 Å². The van der Waals surface area contributed by atoms with Gasteiger partial charge >= 0.3 is 0 Å². The summed E-state index contributed by atoms with van der Waals surface area (Å²) >= 11 is 0. The predicted molar refractivity (Wildman–Crippen MR) is 95.6 cm³/mol. The third-order valence-corrected chi connectivity index (χ3v) is 5.22. The third kappa shape index (κ3) is 3.95. The summed E-state index contributed by atoms with van der Waals surface area (Å²) in [6, 6.07) is 5.69. The van der Waals surface area contributed by atoms with Crippen molar-refractivity contribution in [2.75, 3.05) is 26.2 Å². The number of nitrogens with zero attached hydrogens (tertiary/aromatic N) is 1. The lowest BCUT2D eigenvalue weighted by atomic mass is 9.86. The molecule has 2 heterocycles. The summed E-state index contributed by atoms with van der Waals surface area (Å²) in [5.41, 5.74) is 7.09. The average Bonchev–Trinajstić information content (AvgIpc) is 2.96. The van der Waals surface area contributed by atoms with Crippen LogP contribution in [0.1, 0.15) is 48.0 Å². The van der Waals surface area contributed by atoms with Crippen molar-refractivity contribution in [3.63, 3.8) is 0 Å². The number of rotatable bonds is 5. The SMILES string of the molecule is Cc1ccc(C(=O)N2CCC3(CCC(=O)N3)CC2)c(OCCCN)c1. The van der Waals surface area contributed by atoms with Gasteiger partial charge in [0.1, 0.15) is 5.75 Å². The van der Waals surface area contributed by atoms with Crippen LogP contribution in [0, 0.1) is 6.92 Å². The maximum Gasteiger partial charge on any atom is 0.257 e. The van der Waals surface area contributed by atoms with Crippen molar-refractivity contribution in [3.05, 3.63) is 29.3 Å². The van der Waals surface area contributed by atoms with Crippen LogP contribution in [0.2, 0.25) is 0 Å². The Morgan fingerprint density at radius 2 is 2.08 bits per heavy atom. The van der Waals surface area contributed by atoms with Crippen LogP contribution in [0.3, 0.4) is 0 Å². The fraction of sp³-hybridized carbons (Fsp3) is 0.579. The molecule has 3 N–H and O–H groups in total. The molecule has 0 radical (unpaired) electrons. The van der Waals surface area contributed by atoms with Crippen LogP contribution in [0.4, 0.5) is 0 Å². The zero-order valence-electron chi connectivity index (χ0n) is 14.8. The number of aryl methyl sites for hydroxylation is 1. The van der Waals surface area contributed by atoms with E-state index in [1.807, 2.05) is 30.0 Å². The molecule has 6 nitrogen and oxygen atoms in total. The van der Waals surface area contributed by atoms with Crippen molar-refractivity contribution in [3.8, 4) is 5.75 Å². The van der Waals surface area contributed by atoms with Gasteiger partial charge in [0.05, 0.1) is 12.2 Å². The molecule has 136 valence electrons. The standard InChI is InChI=1S/C19H27N3O3/c1-14-3-4-15(16(13-14)25-12-2-9-20)18(24)22-10-7-19(8-11-22)6-5-17(23)21-19/h3-4,13H,2,5-12,20H2,1H3,(H,21,23). The van der Waals surface area contributed by atoms with E-state index in [0.29, 0.717) is 44.0 Å². The summed E-state index contributed by atoms with van der Waals surface area (Å²) in [4.78, 5) is 26.4. The summed E-state index contributed by atoms with van der Waals surface area (Å²) in [5, 5.41) is 3.11. The van der Waals surface area contributed by atoms with Crippen LogP contribution in [0.25, 0.3) is 0 Å². The number of carbonyl (C=O) groups is 2. The summed E-state index contributed by atoms with van der Waals surface area (Å²) < 4.78 is 5.79. The van der Waals surface area contributed by atoms with E-state index in [0.717, 1.165) is 31.2 Å². The first-order valence-corrected chi connectivity index (χ1v) is 9.07. The van der Waals surface area contributed by atoms with Gasteiger partial charge in [-0.25, -0.2) is 0 Å². The number of carbonyl (C=O) groups excluding carboxylic acids is 2. The van der Waals surface area contributed by atoms with Crippen LogP contribution >= 0.6 is 0 Å². The topological polar surface area (TPSA) is 84.7 Å². The summed E-state index contributed by atoms with van der Waals surface area (Å²) in [6.07, 6.45) is 3.88. The van der Waals surface area contributed by atoms with Gasteiger partial charge in [-0.05, 0) is 56.8 Å². The lowest BCUT2D eigenvalue weighted by Crippen LogP contribution is -2.52. The molecule has 2 fully saturated rings. The van der Waals surface area contributed by atoms with Crippen LogP contribution in [-0.4, -0.2) is 48.5 Å². The first kappa shape index (κ1) is 17.7. The number of piperidine rings is 1. The molecule has 2 amide bonds. The first-order chi connectivity index (χ1) is 12.0. The molecule has 25 heavy (non-hydrogen) atoms. The number of nitrogens with one attached hydrogen (secondary N) is 1. The molecule has 1 spiro atoms. The molecule has 2 aliphatic rings. The highest BCUT2D eigenvalue weighted by Crippen LogP contribution is 2.32. The summed E-state index contributed by atoms with van der Waals surface area (Å²) in [7, 11) is 0. The van der Waals surface area contributed by atoms with Gasteiger partial charge < -0.3 is 20.7 Å². The number of hydrogen-bond acceptors (Lipinski definition) is 4. The minimum atomic E-state index is -0.0956. The molecule has 2 saturated heterocycles. The average molecular weight is 345 g/mol. The Hall–Kier alpha value is -2.08. The molecular formula is C19H27N3O3. The number of likely N-dealkylation sites (tertiary alicyclic amines) is 1. The Bertz CT molecular complexity index is 651. The number of benzene rings is 1. The van der Waals surface area contributed by atoms with Gasteiger partial charge in [0.25, 0.3) is 5.91 Å². The third-order valence-electron chi connectivity index (χ3n) is 5.22. The number of ether oxygens (including phenoxy) is 1. The van der Waals surface area contributed by atoms with Crippen molar-refractivity contribution in [1.29, 1.82) is 0 Å². The zero-order chi connectivity index (χ0) is 17.9. The van der Waals surface area contributed by atoms with Crippen LogP contribution in [-0.2, 0) is 4.79 Å². The van der Waals surface area contributed by atoms with Gasteiger partial charge in [-0.1, -0.05) is 6.07 Å². The van der Waals surface area contributed by atoms with Crippen molar-refractivity contribution < 1.29 is 14.3 Å². The second-order valence-electron chi connectivity index (χ2n) is 7.11.